The van der Waals surface area contributed by atoms with E-state index in [0.29, 0.717) is 48.2 Å². The van der Waals surface area contributed by atoms with Crippen molar-refractivity contribution in [3.63, 3.8) is 0 Å². The Hall–Kier alpha value is -3.46. The summed E-state index contributed by atoms with van der Waals surface area (Å²) < 4.78 is 17.0. The van der Waals surface area contributed by atoms with Gasteiger partial charge in [-0.05, 0) is 32.0 Å². The second-order valence-electron chi connectivity index (χ2n) is 8.02. The molecule has 1 fully saturated rings. The van der Waals surface area contributed by atoms with Crippen molar-refractivity contribution in [1.29, 1.82) is 5.41 Å². The largest absolute Gasteiger partial charge is 0.471 e. The molecule has 2 aromatic heterocycles. The molecule has 162 valence electrons. The molecule has 31 heavy (non-hydrogen) atoms. The molecule has 0 atom stereocenters. The van der Waals surface area contributed by atoms with Gasteiger partial charge in [0, 0.05) is 37.0 Å². The summed E-state index contributed by atoms with van der Waals surface area (Å²) in [5.74, 6) is 0.689. The fraction of sp³-hybridized carbons (Fsp3) is 0.364. The number of allylic oxidation sites excluding steroid dienone is 1. The average Bonchev–Trinajstić information content (AvgIpc) is 3.01. The molecule has 0 bridgehead atoms. The van der Waals surface area contributed by atoms with Gasteiger partial charge in [-0.25, -0.2) is 4.98 Å². The topological polar surface area (TPSA) is 118 Å². The highest BCUT2D eigenvalue weighted by atomic mass is 16.6. The Morgan fingerprint density at radius 3 is 2.81 bits per heavy atom. The van der Waals surface area contributed by atoms with Gasteiger partial charge in [0.05, 0.1) is 18.9 Å². The zero-order valence-electron chi connectivity index (χ0n) is 17.7. The number of hydrogen-bond donors (Lipinski definition) is 3. The molecular formula is C22H25N5O4. The molecule has 0 aromatic carbocycles. The van der Waals surface area contributed by atoms with Gasteiger partial charge in [0.1, 0.15) is 23.1 Å². The van der Waals surface area contributed by atoms with Crippen LogP contribution in [0.4, 0.5) is 5.82 Å². The number of carbonyl (C=O) groups excluding carboxylic acids is 1. The van der Waals surface area contributed by atoms with E-state index >= 15 is 0 Å². The van der Waals surface area contributed by atoms with Crippen molar-refractivity contribution in [3.8, 4) is 11.8 Å². The highest BCUT2D eigenvalue weighted by Crippen LogP contribution is 2.37. The minimum Gasteiger partial charge on any atom is -0.471 e. The van der Waals surface area contributed by atoms with Crippen molar-refractivity contribution in [2.45, 2.75) is 32.0 Å². The van der Waals surface area contributed by atoms with Crippen LogP contribution in [0.3, 0.4) is 0 Å². The lowest BCUT2D eigenvalue weighted by Crippen LogP contribution is -2.39. The molecule has 1 saturated heterocycles. The number of amides is 1. The van der Waals surface area contributed by atoms with Gasteiger partial charge in [0.2, 0.25) is 11.8 Å². The maximum absolute atomic E-state index is 13.1. The van der Waals surface area contributed by atoms with Crippen LogP contribution >= 0.6 is 0 Å². The SMILES string of the molecule is CN/C=C(\C=N)c1cccc(NC(=O)c2cc3c(nc2OC2COC2)OC(C)(C)C3)n1. The molecule has 2 aliphatic rings. The van der Waals surface area contributed by atoms with E-state index < -0.39 is 0 Å². The molecule has 0 spiro atoms. The first-order chi connectivity index (χ1) is 14.9. The maximum Gasteiger partial charge on any atom is 0.262 e. The predicted molar refractivity (Wildman–Crippen MR) is 116 cm³/mol. The Bertz CT molecular complexity index is 1050. The summed E-state index contributed by atoms with van der Waals surface area (Å²) in [6.07, 6.45) is 3.37. The van der Waals surface area contributed by atoms with E-state index in [1.54, 1.807) is 37.5 Å². The quantitative estimate of drug-likeness (QED) is 0.585. The Kier molecular flexibility index (Phi) is 5.60. The van der Waals surface area contributed by atoms with Gasteiger partial charge in [-0.1, -0.05) is 6.07 Å². The number of pyridine rings is 2. The fourth-order valence-electron chi connectivity index (χ4n) is 3.38. The van der Waals surface area contributed by atoms with Crippen molar-refractivity contribution < 1.29 is 19.0 Å². The molecule has 2 aromatic rings. The average molecular weight is 423 g/mol. The van der Waals surface area contributed by atoms with E-state index in [4.69, 9.17) is 19.6 Å². The highest BCUT2D eigenvalue weighted by Gasteiger charge is 2.34. The molecule has 3 N–H and O–H groups in total. The molecule has 4 heterocycles. The number of ether oxygens (including phenoxy) is 3. The molecule has 4 rings (SSSR count). The summed E-state index contributed by atoms with van der Waals surface area (Å²) in [5.41, 5.74) is 1.94. The Balaban J connectivity index is 1.62. The zero-order valence-corrected chi connectivity index (χ0v) is 17.7. The minimum atomic E-state index is -0.389. The first-order valence-electron chi connectivity index (χ1n) is 10.0. The summed E-state index contributed by atoms with van der Waals surface area (Å²) >= 11 is 0. The Labute approximate surface area is 180 Å². The van der Waals surface area contributed by atoms with E-state index in [2.05, 4.69) is 20.6 Å². The number of nitrogens with zero attached hydrogens (tertiary/aromatic N) is 2. The first kappa shape index (κ1) is 20.8. The van der Waals surface area contributed by atoms with Gasteiger partial charge in [-0.2, -0.15) is 4.98 Å². The zero-order chi connectivity index (χ0) is 22.0. The van der Waals surface area contributed by atoms with Crippen molar-refractivity contribution in [2.75, 3.05) is 25.6 Å². The van der Waals surface area contributed by atoms with E-state index in [-0.39, 0.29) is 23.5 Å². The molecule has 9 heteroatoms. The van der Waals surface area contributed by atoms with E-state index in [1.165, 1.54) is 6.21 Å². The van der Waals surface area contributed by atoms with Crippen molar-refractivity contribution >= 4 is 23.5 Å². The van der Waals surface area contributed by atoms with E-state index in [9.17, 15) is 4.79 Å². The third-order valence-electron chi connectivity index (χ3n) is 4.89. The number of fused-ring (bicyclic) bond motifs is 1. The van der Waals surface area contributed by atoms with Crippen LogP contribution < -0.4 is 20.1 Å². The van der Waals surface area contributed by atoms with Crippen LogP contribution in [0, 0.1) is 5.41 Å². The molecule has 0 unspecified atom stereocenters. The van der Waals surface area contributed by atoms with Crippen LogP contribution in [-0.4, -0.2) is 54.1 Å². The number of nitrogens with one attached hydrogen (secondary N) is 3. The molecule has 9 nitrogen and oxygen atoms in total. The minimum absolute atomic E-state index is 0.144. The van der Waals surface area contributed by atoms with Crippen LogP contribution in [-0.2, 0) is 11.2 Å². The summed E-state index contributed by atoms with van der Waals surface area (Å²) in [5, 5.41) is 13.3. The summed E-state index contributed by atoms with van der Waals surface area (Å²) in [7, 11) is 1.75. The highest BCUT2D eigenvalue weighted by molar-refractivity contribution is 6.08. The van der Waals surface area contributed by atoms with Crippen molar-refractivity contribution in [3.05, 3.63) is 47.3 Å². The summed E-state index contributed by atoms with van der Waals surface area (Å²) in [6, 6.07) is 7.00. The Morgan fingerprint density at radius 1 is 1.32 bits per heavy atom. The lowest BCUT2D eigenvalue weighted by molar-refractivity contribution is -0.0816. The van der Waals surface area contributed by atoms with Gasteiger partial charge < -0.3 is 30.3 Å². The molecule has 0 saturated carbocycles. The maximum atomic E-state index is 13.1. The fourth-order valence-corrected chi connectivity index (χ4v) is 3.38. The number of carbonyl (C=O) groups is 1. The number of aromatic nitrogens is 2. The molecule has 0 radical (unpaired) electrons. The van der Waals surface area contributed by atoms with E-state index in [0.717, 1.165) is 5.56 Å². The van der Waals surface area contributed by atoms with Gasteiger partial charge in [0.25, 0.3) is 5.91 Å². The van der Waals surface area contributed by atoms with Crippen LogP contribution in [0.5, 0.6) is 11.8 Å². The second kappa shape index (κ2) is 8.35. The molecule has 0 aliphatic carbocycles. The molecular weight excluding hydrogens is 398 g/mol. The van der Waals surface area contributed by atoms with Crippen LogP contribution in [0.2, 0.25) is 0 Å². The van der Waals surface area contributed by atoms with Gasteiger partial charge >= 0.3 is 0 Å². The predicted octanol–water partition coefficient (Wildman–Crippen LogP) is 2.43. The van der Waals surface area contributed by atoms with Gasteiger partial charge in [0.15, 0.2) is 0 Å². The Morgan fingerprint density at radius 2 is 2.13 bits per heavy atom. The monoisotopic (exact) mass is 423 g/mol. The summed E-state index contributed by atoms with van der Waals surface area (Å²) in [6.45, 7) is 4.87. The van der Waals surface area contributed by atoms with Gasteiger partial charge in [-0.15, -0.1) is 0 Å². The van der Waals surface area contributed by atoms with Crippen LogP contribution in [0.25, 0.3) is 5.57 Å². The number of hydrogen-bond acceptors (Lipinski definition) is 8. The standard InChI is InChI=1S/C22H25N5O4/c1-22(2)8-13-7-16(21(27-20(13)31-22)30-15-11-29-12-15)19(28)26-18-6-4-5-17(25-18)14(9-23)10-24-3/h4-7,9-10,15,23-24H,8,11-12H2,1-3H3,(H,25,26,28)/b14-10+,23-9?. The lowest BCUT2D eigenvalue weighted by Gasteiger charge is -2.27. The molecule has 1 amide bonds. The smallest absolute Gasteiger partial charge is 0.262 e. The van der Waals surface area contributed by atoms with Gasteiger partial charge in [-0.3, -0.25) is 4.79 Å². The third-order valence-corrected chi connectivity index (χ3v) is 4.89. The number of rotatable bonds is 7. The third kappa shape index (κ3) is 4.51. The van der Waals surface area contributed by atoms with E-state index in [1.807, 2.05) is 13.8 Å². The summed E-state index contributed by atoms with van der Waals surface area (Å²) in [4.78, 5) is 22.1. The van der Waals surface area contributed by atoms with Crippen LogP contribution in [0.15, 0.2) is 30.5 Å². The normalized spacial score (nSPS) is 17.2. The number of anilines is 1. The van der Waals surface area contributed by atoms with Crippen molar-refractivity contribution in [2.24, 2.45) is 0 Å². The lowest BCUT2D eigenvalue weighted by atomic mass is 10.0. The molecule has 2 aliphatic heterocycles. The second-order valence-corrected chi connectivity index (χ2v) is 8.02. The van der Waals surface area contributed by atoms with Crippen LogP contribution in [0.1, 0.15) is 35.5 Å². The first-order valence-corrected chi connectivity index (χ1v) is 10.0. The van der Waals surface area contributed by atoms with Crippen molar-refractivity contribution in [1.82, 2.24) is 15.3 Å².